The molecule has 2 aromatic rings. The third-order valence-corrected chi connectivity index (χ3v) is 3.98. The number of hydrogen-bond acceptors (Lipinski definition) is 2. The SMILES string of the molecule is CCn1c(C)c(C)c(C(=O)c2ccc(OC)cc2)c1C. The molecule has 3 heteroatoms. The summed E-state index contributed by atoms with van der Waals surface area (Å²) in [6, 6.07) is 7.28. The molecule has 1 aromatic heterocycles. The quantitative estimate of drug-likeness (QED) is 0.794. The van der Waals surface area contributed by atoms with Crippen LogP contribution in [0.4, 0.5) is 0 Å². The minimum absolute atomic E-state index is 0.0814. The van der Waals surface area contributed by atoms with Crippen molar-refractivity contribution in [2.24, 2.45) is 0 Å². The normalized spacial score (nSPS) is 10.7. The minimum atomic E-state index is 0.0814. The van der Waals surface area contributed by atoms with E-state index in [1.807, 2.05) is 38.1 Å². The highest BCUT2D eigenvalue weighted by Crippen LogP contribution is 2.25. The van der Waals surface area contributed by atoms with Gasteiger partial charge in [0, 0.05) is 29.1 Å². The van der Waals surface area contributed by atoms with Gasteiger partial charge in [0.05, 0.1) is 7.11 Å². The smallest absolute Gasteiger partial charge is 0.195 e. The number of methoxy groups -OCH3 is 1. The summed E-state index contributed by atoms with van der Waals surface area (Å²) in [7, 11) is 1.62. The number of ether oxygens (including phenoxy) is 1. The zero-order chi connectivity index (χ0) is 14.9. The Hall–Kier alpha value is -2.03. The highest BCUT2D eigenvalue weighted by atomic mass is 16.5. The summed E-state index contributed by atoms with van der Waals surface area (Å²) in [6.45, 7) is 9.08. The van der Waals surface area contributed by atoms with Crippen LogP contribution >= 0.6 is 0 Å². The topological polar surface area (TPSA) is 31.2 Å². The van der Waals surface area contributed by atoms with Gasteiger partial charge in [0.25, 0.3) is 0 Å². The van der Waals surface area contributed by atoms with Crippen molar-refractivity contribution in [1.29, 1.82) is 0 Å². The zero-order valence-corrected chi connectivity index (χ0v) is 12.8. The molecule has 1 heterocycles. The molecule has 0 spiro atoms. The van der Waals surface area contributed by atoms with Gasteiger partial charge in [0.15, 0.2) is 5.78 Å². The first kappa shape index (κ1) is 14.4. The van der Waals surface area contributed by atoms with Gasteiger partial charge in [-0.15, -0.1) is 0 Å². The molecule has 106 valence electrons. The van der Waals surface area contributed by atoms with Crippen LogP contribution in [0.3, 0.4) is 0 Å². The standard InChI is InChI=1S/C17H21NO2/c1-6-18-12(3)11(2)16(13(18)4)17(19)14-7-9-15(20-5)10-8-14/h7-10H,6H2,1-5H3. The Balaban J connectivity index is 2.48. The second-order valence-electron chi connectivity index (χ2n) is 4.97. The number of carbonyl (C=O) groups excluding carboxylic acids is 1. The van der Waals surface area contributed by atoms with E-state index in [-0.39, 0.29) is 5.78 Å². The molecule has 0 unspecified atom stereocenters. The van der Waals surface area contributed by atoms with Crippen LogP contribution in [-0.4, -0.2) is 17.5 Å². The summed E-state index contributed by atoms with van der Waals surface area (Å²) in [5.41, 5.74) is 4.81. The number of rotatable bonds is 4. The Morgan fingerprint density at radius 1 is 1.10 bits per heavy atom. The summed E-state index contributed by atoms with van der Waals surface area (Å²) in [4.78, 5) is 12.7. The van der Waals surface area contributed by atoms with Gasteiger partial charge in [-0.2, -0.15) is 0 Å². The lowest BCUT2D eigenvalue weighted by Gasteiger charge is -2.06. The lowest BCUT2D eigenvalue weighted by atomic mass is 10.00. The molecule has 0 atom stereocenters. The van der Waals surface area contributed by atoms with Gasteiger partial charge in [-0.25, -0.2) is 0 Å². The summed E-state index contributed by atoms with van der Waals surface area (Å²) in [6.07, 6.45) is 0. The van der Waals surface area contributed by atoms with E-state index in [4.69, 9.17) is 4.74 Å². The first-order valence-electron chi connectivity index (χ1n) is 6.86. The number of benzene rings is 1. The molecule has 20 heavy (non-hydrogen) atoms. The van der Waals surface area contributed by atoms with Crippen LogP contribution in [0.15, 0.2) is 24.3 Å². The Morgan fingerprint density at radius 2 is 1.70 bits per heavy atom. The average molecular weight is 271 g/mol. The van der Waals surface area contributed by atoms with Crippen LogP contribution in [0.25, 0.3) is 0 Å². The van der Waals surface area contributed by atoms with E-state index in [1.54, 1.807) is 7.11 Å². The molecular formula is C17H21NO2. The molecular weight excluding hydrogens is 250 g/mol. The second kappa shape index (κ2) is 5.53. The molecule has 0 saturated heterocycles. The van der Waals surface area contributed by atoms with E-state index in [2.05, 4.69) is 18.4 Å². The Labute approximate surface area is 120 Å². The van der Waals surface area contributed by atoms with Crippen molar-refractivity contribution in [2.75, 3.05) is 7.11 Å². The predicted molar refractivity (Wildman–Crippen MR) is 80.7 cm³/mol. The van der Waals surface area contributed by atoms with Crippen molar-refractivity contribution in [3.63, 3.8) is 0 Å². The van der Waals surface area contributed by atoms with E-state index in [1.165, 1.54) is 5.69 Å². The Morgan fingerprint density at radius 3 is 2.15 bits per heavy atom. The van der Waals surface area contributed by atoms with Crippen LogP contribution < -0.4 is 4.74 Å². The monoisotopic (exact) mass is 271 g/mol. The van der Waals surface area contributed by atoms with Crippen LogP contribution in [0.5, 0.6) is 5.75 Å². The van der Waals surface area contributed by atoms with E-state index >= 15 is 0 Å². The van der Waals surface area contributed by atoms with E-state index in [0.717, 1.165) is 29.1 Å². The fraction of sp³-hybridized carbons (Fsp3) is 0.353. The molecule has 0 aliphatic rings. The highest BCUT2D eigenvalue weighted by molar-refractivity contribution is 6.11. The lowest BCUT2D eigenvalue weighted by Crippen LogP contribution is -2.05. The molecule has 1 aromatic carbocycles. The van der Waals surface area contributed by atoms with Gasteiger partial charge in [0.2, 0.25) is 0 Å². The van der Waals surface area contributed by atoms with Crippen molar-refractivity contribution in [3.05, 3.63) is 52.3 Å². The predicted octanol–water partition coefficient (Wildman–Crippen LogP) is 3.67. The van der Waals surface area contributed by atoms with Gasteiger partial charge in [-0.1, -0.05) is 0 Å². The Kier molecular flexibility index (Phi) is 3.98. The number of aromatic nitrogens is 1. The first-order chi connectivity index (χ1) is 9.51. The van der Waals surface area contributed by atoms with Crippen LogP contribution in [-0.2, 0) is 6.54 Å². The van der Waals surface area contributed by atoms with Crippen LogP contribution in [0.2, 0.25) is 0 Å². The number of carbonyl (C=O) groups is 1. The van der Waals surface area contributed by atoms with Gasteiger partial charge in [-0.05, 0) is 57.5 Å². The first-order valence-corrected chi connectivity index (χ1v) is 6.86. The summed E-state index contributed by atoms with van der Waals surface area (Å²) < 4.78 is 7.31. The molecule has 0 fully saturated rings. The van der Waals surface area contributed by atoms with E-state index in [9.17, 15) is 4.79 Å². The zero-order valence-electron chi connectivity index (χ0n) is 12.8. The van der Waals surface area contributed by atoms with Crippen LogP contribution in [0, 0.1) is 20.8 Å². The molecule has 0 N–H and O–H groups in total. The minimum Gasteiger partial charge on any atom is -0.497 e. The van der Waals surface area contributed by atoms with Crippen molar-refractivity contribution in [1.82, 2.24) is 4.57 Å². The van der Waals surface area contributed by atoms with Crippen molar-refractivity contribution >= 4 is 5.78 Å². The maximum Gasteiger partial charge on any atom is 0.195 e. The van der Waals surface area contributed by atoms with Crippen molar-refractivity contribution in [2.45, 2.75) is 34.2 Å². The average Bonchev–Trinajstić information content (AvgIpc) is 2.68. The van der Waals surface area contributed by atoms with Gasteiger partial charge in [-0.3, -0.25) is 4.79 Å². The van der Waals surface area contributed by atoms with Gasteiger partial charge < -0.3 is 9.30 Å². The van der Waals surface area contributed by atoms with Crippen molar-refractivity contribution < 1.29 is 9.53 Å². The molecule has 0 radical (unpaired) electrons. The Bertz CT molecular complexity index is 636. The molecule has 0 aliphatic heterocycles. The molecule has 0 amide bonds. The number of hydrogen-bond donors (Lipinski definition) is 0. The van der Waals surface area contributed by atoms with Gasteiger partial charge >= 0.3 is 0 Å². The van der Waals surface area contributed by atoms with E-state index in [0.29, 0.717) is 5.56 Å². The van der Waals surface area contributed by atoms with Crippen LogP contribution in [0.1, 0.15) is 39.8 Å². The molecule has 0 aliphatic carbocycles. The highest BCUT2D eigenvalue weighted by Gasteiger charge is 2.20. The van der Waals surface area contributed by atoms with Gasteiger partial charge in [0.1, 0.15) is 5.75 Å². The maximum atomic E-state index is 12.7. The third-order valence-electron chi connectivity index (χ3n) is 3.98. The third kappa shape index (κ3) is 2.24. The molecule has 2 rings (SSSR count). The number of ketones is 1. The molecule has 0 bridgehead atoms. The second-order valence-corrected chi connectivity index (χ2v) is 4.97. The largest absolute Gasteiger partial charge is 0.497 e. The summed E-state index contributed by atoms with van der Waals surface area (Å²) >= 11 is 0. The fourth-order valence-corrected chi connectivity index (χ4v) is 2.74. The summed E-state index contributed by atoms with van der Waals surface area (Å²) in [5.74, 6) is 0.843. The van der Waals surface area contributed by atoms with Crippen molar-refractivity contribution in [3.8, 4) is 5.75 Å². The summed E-state index contributed by atoms with van der Waals surface area (Å²) in [5, 5.41) is 0. The maximum absolute atomic E-state index is 12.7. The molecule has 0 saturated carbocycles. The lowest BCUT2D eigenvalue weighted by molar-refractivity contribution is 0.103. The fourth-order valence-electron chi connectivity index (χ4n) is 2.74. The molecule has 3 nitrogen and oxygen atoms in total. The van der Waals surface area contributed by atoms with E-state index < -0.39 is 0 Å². The number of nitrogens with zero attached hydrogens (tertiary/aromatic N) is 1.